The molecule has 0 spiro atoms. The molecular formula is C28H17Cl3F9N3O3S. The highest BCUT2D eigenvalue weighted by Gasteiger charge is 2.67. The molecular weight excluding hydrogens is 736 g/mol. The molecule has 1 aliphatic rings. The maximum atomic E-state index is 15.1. The third-order valence-electron chi connectivity index (χ3n) is 6.74. The average molecular weight is 753 g/mol. The van der Waals surface area contributed by atoms with Crippen LogP contribution in [0.5, 0.6) is 0 Å². The van der Waals surface area contributed by atoms with E-state index in [1.165, 1.54) is 6.07 Å². The lowest BCUT2D eigenvalue weighted by atomic mass is 10.0. The van der Waals surface area contributed by atoms with Crippen molar-refractivity contribution < 1.29 is 53.9 Å². The molecule has 3 aromatic rings. The van der Waals surface area contributed by atoms with Gasteiger partial charge in [0.2, 0.25) is 11.8 Å². The van der Waals surface area contributed by atoms with Gasteiger partial charge in [-0.2, -0.15) is 26.3 Å². The summed E-state index contributed by atoms with van der Waals surface area (Å²) in [6.07, 6.45) is -5.03. The van der Waals surface area contributed by atoms with E-state index in [0.717, 1.165) is 31.2 Å². The second-order valence-corrected chi connectivity index (χ2v) is 13.2. The van der Waals surface area contributed by atoms with E-state index in [1.54, 1.807) is 5.32 Å². The van der Waals surface area contributed by atoms with Crippen LogP contribution in [0.25, 0.3) is 0 Å². The Morgan fingerprint density at radius 1 is 0.872 bits per heavy atom. The molecule has 0 radical (unpaired) electrons. The molecule has 1 fully saturated rings. The Morgan fingerprint density at radius 3 is 2.13 bits per heavy atom. The maximum absolute atomic E-state index is 15.1. The van der Waals surface area contributed by atoms with Crippen LogP contribution in [0.1, 0.15) is 34.3 Å². The number of anilines is 3. The zero-order valence-corrected chi connectivity index (χ0v) is 26.1. The van der Waals surface area contributed by atoms with Gasteiger partial charge >= 0.3 is 11.7 Å². The predicted octanol–water partition coefficient (Wildman–Crippen LogP) is 9.13. The second-order valence-electron chi connectivity index (χ2n) is 9.98. The normalized spacial score (nSPS) is 17.9. The molecule has 3 atom stereocenters. The third kappa shape index (κ3) is 8.21. The smallest absolute Gasteiger partial charge is 0.326 e. The molecule has 4 rings (SSSR count). The topological polar surface area (TPSA) is 87.3 Å². The van der Waals surface area contributed by atoms with Crippen molar-refractivity contribution in [3.05, 3.63) is 87.7 Å². The molecule has 0 saturated heterocycles. The Labute approximate surface area is 278 Å². The van der Waals surface area contributed by atoms with Gasteiger partial charge in [-0.25, -0.2) is 13.2 Å². The van der Waals surface area contributed by atoms with Crippen molar-refractivity contribution in [2.45, 2.75) is 34.1 Å². The number of benzene rings is 3. The van der Waals surface area contributed by atoms with E-state index in [1.807, 2.05) is 0 Å². The Kier molecular flexibility index (Phi) is 10.3. The van der Waals surface area contributed by atoms with Crippen molar-refractivity contribution in [2.24, 2.45) is 5.92 Å². The van der Waals surface area contributed by atoms with Crippen LogP contribution in [0, 0.1) is 23.4 Å². The molecule has 252 valence electrons. The Morgan fingerprint density at radius 2 is 1.51 bits per heavy atom. The Balaban J connectivity index is 1.50. The molecule has 0 aliphatic heterocycles. The lowest BCUT2D eigenvalue weighted by Gasteiger charge is -2.16. The lowest BCUT2D eigenvalue weighted by Crippen LogP contribution is -2.26. The molecule has 0 heterocycles. The number of amides is 3. The molecule has 1 saturated carbocycles. The predicted molar refractivity (Wildman–Crippen MR) is 158 cm³/mol. The number of hydrogen-bond acceptors (Lipinski definition) is 4. The summed E-state index contributed by atoms with van der Waals surface area (Å²) in [6, 6.07) is 6.84. The average Bonchev–Trinajstić information content (AvgIpc) is 3.53. The number of halogens is 12. The molecule has 1 unspecified atom stereocenters. The van der Waals surface area contributed by atoms with Crippen LogP contribution in [0.4, 0.5) is 56.6 Å². The molecule has 1 aliphatic carbocycles. The van der Waals surface area contributed by atoms with Crippen LogP contribution >= 0.6 is 46.6 Å². The molecule has 19 heteroatoms. The molecule has 3 amide bonds. The number of alkyl halides is 8. The summed E-state index contributed by atoms with van der Waals surface area (Å²) in [7, 11) is 0. The second kappa shape index (κ2) is 13.3. The largest absolute Gasteiger partial charge is 0.442 e. The van der Waals surface area contributed by atoms with Gasteiger partial charge in [-0.3, -0.25) is 14.4 Å². The number of thioether (sulfide) groups is 1. The first-order valence-electron chi connectivity index (χ1n) is 12.8. The van der Waals surface area contributed by atoms with Gasteiger partial charge < -0.3 is 16.0 Å². The summed E-state index contributed by atoms with van der Waals surface area (Å²) in [6.45, 7) is 0.860. The molecule has 3 aromatic carbocycles. The highest BCUT2D eigenvalue weighted by Crippen LogP contribution is 2.65. The number of hydrogen-bond donors (Lipinski definition) is 3. The summed E-state index contributed by atoms with van der Waals surface area (Å²) in [5.74, 6) is -10.3. The van der Waals surface area contributed by atoms with Gasteiger partial charge in [0.25, 0.3) is 5.91 Å². The van der Waals surface area contributed by atoms with Gasteiger partial charge in [-0.05, 0) is 66.7 Å². The van der Waals surface area contributed by atoms with Crippen molar-refractivity contribution in [3.63, 3.8) is 0 Å². The highest BCUT2D eigenvalue weighted by molar-refractivity contribution is 8.01. The molecule has 0 bridgehead atoms. The van der Waals surface area contributed by atoms with Gasteiger partial charge in [0.05, 0.1) is 33.0 Å². The summed E-state index contributed by atoms with van der Waals surface area (Å²) in [5.41, 5.74) is -8.87. The maximum Gasteiger partial charge on any atom is 0.442 e. The lowest BCUT2D eigenvalue weighted by molar-refractivity contribution is -0.140. The Bertz CT molecular complexity index is 1760. The van der Waals surface area contributed by atoms with Crippen LogP contribution in [0.3, 0.4) is 0 Å². The minimum atomic E-state index is -5.03. The first-order chi connectivity index (χ1) is 21.6. The van der Waals surface area contributed by atoms with E-state index in [9.17, 15) is 49.5 Å². The van der Waals surface area contributed by atoms with Crippen molar-refractivity contribution in [1.29, 1.82) is 0 Å². The zero-order valence-electron chi connectivity index (χ0n) is 23.0. The molecule has 0 aromatic heterocycles. The van der Waals surface area contributed by atoms with E-state index < -0.39 is 97.0 Å². The summed E-state index contributed by atoms with van der Waals surface area (Å²) in [4.78, 5) is 38.1. The number of nitrogens with one attached hydrogen (secondary N) is 3. The standard InChI is InChI=1S/C28H17Cl3F9N3O3S/c1-10(47-28(38,39)40)23(44)43-22-17(33)6-7-18(21(22)34)42-24(45)13-9-12(3-4-15(13)29)41-25(46)20-19(26(20,30)31)11-2-5-16(32)14(8-11)27(35,36)37/h2-10,19-20H,1H3,(H,41,46)(H,42,45)(H,43,44)/t10?,19-,20+/m0/s1. The quantitative estimate of drug-likeness (QED) is 0.158. The van der Waals surface area contributed by atoms with Gasteiger partial charge in [0, 0.05) is 11.6 Å². The van der Waals surface area contributed by atoms with Crippen molar-refractivity contribution in [3.8, 4) is 0 Å². The minimum absolute atomic E-state index is 0.0990. The zero-order chi connectivity index (χ0) is 35.2. The molecule has 6 nitrogen and oxygen atoms in total. The van der Waals surface area contributed by atoms with Gasteiger partial charge in [0.15, 0.2) is 5.82 Å². The van der Waals surface area contributed by atoms with E-state index in [2.05, 4.69) is 10.6 Å². The first-order valence-corrected chi connectivity index (χ1v) is 14.8. The summed E-state index contributed by atoms with van der Waals surface area (Å²) < 4.78 is 119. The van der Waals surface area contributed by atoms with Crippen molar-refractivity contribution in [2.75, 3.05) is 16.0 Å². The van der Waals surface area contributed by atoms with E-state index in [4.69, 9.17) is 34.8 Å². The van der Waals surface area contributed by atoms with Crippen LogP contribution in [-0.4, -0.2) is 32.8 Å². The third-order valence-corrected chi connectivity index (χ3v) is 8.84. The van der Waals surface area contributed by atoms with Gasteiger partial charge in [-0.15, -0.1) is 23.2 Å². The van der Waals surface area contributed by atoms with Gasteiger partial charge in [-0.1, -0.05) is 17.7 Å². The van der Waals surface area contributed by atoms with Crippen LogP contribution in [0.2, 0.25) is 5.02 Å². The summed E-state index contributed by atoms with van der Waals surface area (Å²) >= 11 is 17.8. The molecule has 3 N–H and O–H groups in total. The fourth-order valence-corrected chi connectivity index (χ4v) is 6.05. The van der Waals surface area contributed by atoms with Gasteiger partial charge in [0.1, 0.15) is 21.7 Å². The molecule has 47 heavy (non-hydrogen) atoms. The SMILES string of the molecule is CC(SC(F)(F)F)C(=O)Nc1c(F)ccc(NC(=O)c2cc(NC(=O)[C@H]3[C@H](c4ccc(F)c(C(F)(F)F)c4)C3(Cl)Cl)ccc2Cl)c1F. The van der Waals surface area contributed by atoms with E-state index in [-0.39, 0.29) is 21.8 Å². The minimum Gasteiger partial charge on any atom is -0.326 e. The number of rotatable bonds is 8. The first kappa shape index (κ1) is 36.5. The van der Waals surface area contributed by atoms with Crippen LogP contribution in [-0.2, 0) is 15.8 Å². The fraction of sp³-hybridized carbons (Fsp3) is 0.250. The van der Waals surface area contributed by atoms with E-state index in [0.29, 0.717) is 18.2 Å². The van der Waals surface area contributed by atoms with Crippen LogP contribution in [0.15, 0.2) is 48.5 Å². The van der Waals surface area contributed by atoms with Crippen molar-refractivity contribution in [1.82, 2.24) is 0 Å². The van der Waals surface area contributed by atoms with Crippen molar-refractivity contribution >= 4 is 81.3 Å². The number of carbonyl (C=O) groups excluding carboxylic acids is 3. The van der Waals surface area contributed by atoms with E-state index >= 15 is 4.39 Å². The number of carbonyl (C=O) groups is 3. The summed E-state index contributed by atoms with van der Waals surface area (Å²) in [5, 5.41) is 4.16. The monoisotopic (exact) mass is 751 g/mol. The Hall–Kier alpha value is -3.34. The highest BCUT2D eigenvalue weighted by atomic mass is 35.5. The van der Waals surface area contributed by atoms with Crippen LogP contribution < -0.4 is 16.0 Å². The fourth-order valence-electron chi connectivity index (χ4n) is 4.45.